The molecule has 0 spiro atoms. The van der Waals surface area contributed by atoms with E-state index in [9.17, 15) is 18.0 Å². The van der Waals surface area contributed by atoms with Crippen LogP contribution in [-0.2, 0) is 19.8 Å². The lowest BCUT2D eigenvalue weighted by Gasteiger charge is -2.33. The second-order valence-corrected chi connectivity index (χ2v) is 11.1. The number of hydrogen-bond acceptors (Lipinski definition) is 8. The van der Waals surface area contributed by atoms with E-state index in [0.717, 1.165) is 24.7 Å². The van der Waals surface area contributed by atoms with Crippen molar-refractivity contribution in [3.8, 4) is 23.0 Å². The highest BCUT2D eigenvalue weighted by molar-refractivity contribution is 6.04. The van der Waals surface area contributed by atoms with Gasteiger partial charge in [-0.05, 0) is 61.5 Å². The highest BCUT2D eigenvalue weighted by Gasteiger charge is 2.34. The number of amides is 1. The summed E-state index contributed by atoms with van der Waals surface area (Å²) in [6, 6.07) is 12.4. The van der Waals surface area contributed by atoms with Crippen molar-refractivity contribution in [2.45, 2.75) is 19.6 Å². The molecule has 1 aliphatic rings. The number of rotatable bonds is 7. The molecular weight excluding hydrogens is 585 g/mol. The van der Waals surface area contributed by atoms with E-state index in [-0.39, 0.29) is 29.2 Å². The summed E-state index contributed by atoms with van der Waals surface area (Å²) in [5, 5.41) is 7.47. The minimum absolute atomic E-state index is 0.0477. The van der Waals surface area contributed by atoms with Crippen LogP contribution in [0.1, 0.15) is 27.0 Å². The fourth-order valence-corrected chi connectivity index (χ4v) is 5.16. The maximum Gasteiger partial charge on any atom is 0.416 e. The second kappa shape index (κ2) is 12.3. The molecule has 6 rings (SSSR count). The molecule has 0 saturated carbocycles. The molecule has 1 saturated heterocycles. The first kappa shape index (κ1) is 30.2. The topological polar surface area (TPSA) is 101 Å². The predicted molar refractivity (Wildman–Crippen MR) is 163 cm³/mol. The van der Waals surface area contributed by atoms with E-state index >= 15 is 0 Å². The maximum atomic E-state index is 14.1. The summed E-state index contributed by atoms with van der Waals surface area (Å²) in [4.78, 5) is 30.8. The lowest BCUT2D eigenvalue weighted by Crippen LogP contribution is -2.44. The van der Waals surface area contributed by atoms with Gasteiger partial charge < -0.3 is 15.0 Å². The van der Waals surface area contributed by atoms with E-state index in [1.807, 2.05) is 24.9 Å². The van der Waals surface area contributed by atoms with E-state index in [1.165, 1.54) is 18.2 Å². The fraction of sp³-hybridized carbons (Fsp3) is 0.281. The first-order valence-electron chi connectivity index (χ1n) is 14.4. The highest BCUT2D eigenvalue weighted by Crippen LogP contribution is 2.35. The molecule has 4 heterocycles. The van der Waals surface area contributed by atoms with Gasteiger partial charge in [0.05, 0.1) is 11.8 Å². The molecule has 0 aliphatic carbocycles. The molecule has 0 unspecified atom stereocenters. The summed E-state index contributed by atoms with van der Waals surface area (Å²) in [6.07, 6.45) is 0.309. The number of carbonyl (C=O) groups is 1. The zero-order chi connectivity index (χ0) is 31.7. The van der Waals surface area contributed by atoms with Crippen LogP contribution in [0, 0.1) is 6.92 Å². The normalized spacial score (nSPS) is 14.5. The number of anilines is 1. The number of carbonyl (C=O) groups excluding carboxylic acids is 1. The molecule has 1 fully saturated rings. The van der Waals surface area contributed by atoms with Crippen molar-refractivity contribution in [1.29, 1.82) is 0 Å². The number of alkyl halides is 3. The highest BCUT2D eigenvalue weighted by atomic mass is 19.4. The number of benzene rings is 2. The summed E-state index contributed by atoms with van der Waals surface area (Å²) in [5.41, 5.74) is 1.61. The number of fused-ring (bicyclic) bond motifs is 1. The molecule has 10 nitrogen and oxygen atoms in total. The van der Waals surface area contributed by atoms with Crippen molar-refractivity contribution >= 4 is 22.6 Å². The van der Waals surface area contributed by atoms with Crippen LogP contribution in [0.4, 0.5) is 18.9 Å². The lowest BCUT2D eigenvalue weighted by molar-refractivity contribution is -0.138. The average Bonchev–Trinajstić information content (AvgIpc) is 3.40. The Hall–Kier alpha value is -4.88. The van der Waals surface area contributed by atoms with E-state index < -0.39 is 17.6 Å². The Kier molecular flexibility index (Phi) is 8.21. The van der Waals surface area contributed by atoms with Crippen LogP contribution in [0.3, 0.4) is 0 Å². The summed E-state index contributed by atoms with van der Waals surface area (Å²) in [7, 11) is 3.75. The third-order valence-electron chi connectivity index (χ3n) is 7.80. The molecule has 1 aliphatic heterocycles. The lowest BCUT2D eigenvalue weighted by atomic mass is 10.0. The molecule has 232 valence electrons. The van der Waals surface area contributed by atoms with Crippen LogP contribution in [0.25, 0.3) is 22.4 Å². The summed E-state index contributed by atoms with van der Waals surface area (Å²) >= 11 is 0. The molecule has 3 aromatic heterocycles. The van der Waals surface area contributed by atoms with Crippen molar-refractivity contribution in [1.82, 2.24) is 34.5 Å². The Labute approximate surface area is 257 Å². The molecule has 5 aromatic rings. The van der Waals surface area contributed by atoms with Gasteiger partial charge >= 0.3 is 6.18 Å². The Morgan fingerprint density at radius 1 is 1.00 bits per heavy atom. The second-order valence-electron chi connectivity index (χ2n) is 11.1. The third-order valence-corrected chi connectivity index (χ3v) is 7.80. The largest absolute Gasteiger partial charge is 0.438 e. The Morgan fingerprint density at radius 3 is 2.53 bits per heavy atom. The molecule has 0 bridgehead atoms. The SMILES string of the molecule is Cc1ccc(C(=O)Nc2ccc(CN3CCN(C)CC3)c(C(F)(F)F)c2)cc1Oc1nc(-c2cccnc2)nc2c1cnn2C. The van der Waals surface area contributed by atoms with Gasteiger partial charge in [0, 0.05) is 69.0 Å². The Balaban J connectivity index is 1.25. The van der Waals surface area contributed by atoms with Crippen molar-refractivity contribution in [3.63, 3.8) is 0 Å². The minimum atomic E-state index is -4.57. The number of aromatic nitrogens is 5. The number of nitrogens with zero attached hydrogens (tertiary/aromatic N) is 7. The number of piperazine rings is 1. The molecular formula is C32H31F3N8O2. The Morgan fingerprint density at radius 2 is 1.80 bits per heavy atom. The smallest absolute Gasteiger partial charge is 0.416 e. The maximum absolute atomic E-state index is 14.1. The third kappa shape index (κ3) is 6.64. The zero-order valence-electron chi connectivity index (χ0n) is 25.0. The van der Waals surface area contributed by atoms with Crippen LogP contribution in [0.15, 0.2) is 67.1 Å². The van der Waals surface area contributed by atoms with Crippen molar-refractivity contribution in [2.75, 3.05) is 38.5 Å². The van der Waals surface area contributed by atoms with E-state index in [1.54, 1.807) is 48.5 Å². The van der Waals surface area contributed by atoms with E-state index in [4.69, 9.17) is 4.74 Å². The number of nitrogens with one attached hydrogen (secondary N) is 1. The van der Waals surface area contributed by atoms with Gasteiger partial charge in [0.15, 0.2) is 11.5 Å². The number of pyridine rings is 1. The van der Waals surface area contributed by atoms with Crippen molar-refractivity contribution < 1.29 is 22.7 Å². The number of likely N-dealkylation sites (N-methyl/N-ethyl adjacent to an activating group) is 1. The summed E-state index contributed by atoms with van der Waals surface area (Å²) in [6.45, 7) is 4.98. The van der Waals surface area contributed by atoms with Crippen LogP contribution >= 0.6 is 0 Å². The van der Waals surface area contributed by atoms with Gasteiger partial charge in [-0.1, -0.05) is 12.1 Å². The zero-order valence-corrected chi connectivity index (χ0v) is 25.0. The molecule has 13 heteroatoms. The molecule has 1 amide bonds. The standard InChI is InChI=1S/C32H31F3N8O2/c1-20-6-7-21(15-27(20)45-31-25-18-37-42(3)29(25)39-28(40-31)22-5-4-10-36-17-22)30(44)38-24-9-8-23(26(16-24)32(33,34)35)19-43-13-11-41(2)12-14-43/h4-10,15-18H,11-14,19H2,1-3H3,(H,38,44). The number of halogens is 3. The van der Waals surface area contributed by atoms with Gasteiger partial charge in [-0.2, -0.15) is 23.3 Å². The molecule has 1 N–H and O–H groups in total. The predicted octanol–water partition coefficient (Wildman–Crippen LogP) is 5.54. The first-order valence-corrected chi connectivity index (χ1v) is 14.4. The quantitative estimate of drug-likeness (QED) is 0.254. The van der Waals surface area contributed by atoms with Gasteiger partial charge in [0.1, 0.15) is 11.1 Å². The van der Waals surface area contributed by atoms with E-state index in [0.29, 0.717) is 41.3 Å². The monoisotopic (exact) mass is 616 g/mol. The molecule has 0 atom stereocenters. The van der Waals surface area contributed by atoms with Crippen molar-refractivity contribution in [2.24, 2.45) is 7.05 Å². The average molecular weight is 617 g/mol. The minimum Gasteiger partial charge on any atom is -0.438 e. The van der Waals surface area contributed by atoms with Gasteiger partial charge in [-0.3, -0.25) is 19.4 Å². The van der Waals surface area contributed by atoms with Crippen LogP contribution in [-0.4, -0.2) is 73.7 Å². The van der Waals surface area contributed by atoms with Gasteiger partial charge in [0.2, 0.25) is 5.88 Å². The number of ether oxygens (including phenoxy) is 1. The molecule has 2 aromatic carbocycles. The van der Waals surface area contributed by atoms with E-state index in [2.05, 4.69) is 30.3 Å². The fourth-order valence-electron chi connectivity index (χ4n) is 5.16. The Bertz CT molecular complexity index is 1850. The molecule has 45 heavy (non-hydrogen) atoms. The first-order chi connectivity index (χ1) is 21.5. The van der Waals surface area contributed by atoms with Gasteiger partial charge in [0.25, 0.3) is 5.91 Å². The van der Waals surface area contributed by atoms with Crippen LogP contribution < -0.4 is 10.1 Å². The number of aryl methyl sites for hydroxylation is 2. The summed E-state index contributed by atoms with van der Waals surface area (Å²) in [5.74, 6) is 0.392. The van der Waals surface area contributed by atoms with Crippen molar-refractivity contribution in [3.05, 3.63) is 89.4 Å². The van der Waals surface area contributed by atoms with Crippen LogP contribution in [0.2, 0.25) is 0 Å². The summed E-state index contributed by atoms with van der Waals surface area (Å²) < 4.78 is 50.1. The molecule has 0 radical (unpaired) electrons. The van der Waals surface area contributed by atoms with Gasteiger partial charge in [-0.25, -0.2) is 4.98 Å². The van der Waals surface area contributed by atoms with Gasteiger partial charge in [-0.15, -0.1) is 0 Å². The number of hydrogen-bond donors (Lipinski definition) is 1. The van der Waals surface area contributed by atoms with Crippen LogP contribution in [0.5, 0.6) is 11.6 Å².